The summed E-state index contributed by atoms with van der Waals surface area (Å²) < 4.78 is 32.2. The van der Waals surface area contributed by atoms with Crippen LogP contribution in [0.5, 0.6) is 0 Å². The Balaban J connectivity index is 1.78. The number of rotatable bonds is 5. The highest BCUT2D eigenvalue weighted by atomic mass is 19.2. The topological polar surface area (TPSA) is 62.6 Å². The molecule has 0 unspecified atom stereocenters. The normalized spacial score (nSPS) is 14.1. The molecule has 4 rings (SSSR count). The van der Waals surface area contributed by atoms with E-state index in [9.17, 15) is 18.4 Å². The maximum Gasteiger partial charge on any atom is 0.278 e. The second kappa shape index (κ2) is 7.59. The molecule has 5 nitrogen and oxygen atoms in total. The van der Waals surface area contributed by atoms with Gasteiger partial charge in [-0.1, -0.05) is 18.2 Å². The lowest BCUT2D eigenvalue weighted by Gasteiger charge is -2.13. The summed E-state index contributed by atoms with van der Waals surface area (Å²) in [6, 6.07) is 12.0. The van der Waals surface area contributed by atoms with Crippen LogP contribution in [0.25, 0.3) is 5.57 Å². The predicted molar refractivity (Wildman–Crippen MR) is 107 cm³/mol. The molecule has 30 heavy (non-hydrogen) atoms. The molecule has 1 aliphatic heterocycles. The summed E-state index contributed by atoms with van der Waals surface area (Å²) in [6.45, 7) is 3.81. The molecule has 7 heteroatoms. The van der Waals surface area contributed by atoms with E-state index in [-0.39, 0.29) is 23.5 Å². The van der Waals surface area contributed by atoms with Crippen molar-refractivity contribution in [2.75, 3.05) is 5.32 Å². The number of hydrogen-bond donors (Lipinski definition) is 1. The number of nitrogens with zero attached hydrogens (tertiary/aromatic N) is 1. The maximum atomic E-state index is 13.7. The summed E-state index contributed by atoms with van der Waals surface area (Å²) in [6.07, 6.45) is 1.46. The van der Waals surface area contributed by atoms with Crippen molar-refractivity contribution in [1.29, 1.82) is 0 Å². The van der Waals surface area contributed by atoms with Gasteiger partial charge in [-0.05, 0) is 54.8 Å². The average Bonchev–Trinajstić information content (AvgIpc) is 3.30. The molecule has 1 N–H and O–H groups in total. The van der Waals surface area contributed by atoms with Crippen LogP contribution in [0.15, 0.2) is 64.9 Å². The first kappa shape index (κ1) is 19.6. The first-order valence-corrected chi connectivity index (χ1v) is 9.27. The van der Waals surface area contributed by atoms with E-state index in [1.54, 1.807) is 18.2 Å². The summed E-state index contributed by atoms with van der Waals surface area (Å²) in [5, 5.41) is 2.81. The fourth-order valence-corrected chi connectivity index (χ4v) is 3.28. The fourth-order valence-electron chi connectivity index (χ4n) is 3.28. The van der Waals surface area contributed by atoms with E-state index in [1.807, 2.05) is 26.0 Å². The van der Waals surface area contributed by atoms with Gasteiger partial charge in [0.2, 0.25) is 0 Å². The third-order valence-corrected chi connectivity index (χ3v) is 5.05. The lowest BCUT2D eigenvalue weighted by atomic mass is 9.99. The van der Waals surface area contributed by atoms with Gasteiger partial charge in [0.15, 0.2) is 11.6 Å². The monoisotopic (exact) mass is 408 g/mol. The molecule has 2 aromatic carbocycles. The average molecular weight is 408 g/mol. The standard InChI is InChI=1S/C23H18F2N2O3/c1-13-5-6-15(10-14(13)2)20-21(26-16-7-8-18(24)19(25)11-16)23(29)27(22(20)28)12-17-4-3-9-30-17/h3-11,26H,12H2,1-2H3. The molecule has 2 heterocycles. The molecule has 0 saturated heterocycles. The van der Waals surface area contributed by atoms with Crippen molar-refractivity contribution in [1.82, 2.24) is 4.90 Å². The van der Waals surface area contributed by atoms with Crippen LogP contribution in [0.1, 0.15) is 22.5 Å². The summed E-state index contributed by atoms with van der Waals surface area (Å²) in [7, 11) is 0. The molecule has 0 bridgehead atoms. The van der Waals surface area contributed by atoms with E-state index in [4.69, 9.17) is 4.42 Å². The minimum Gasteiger partial charge on any atom is -0.467 e. The second-order valence-electron chi connectivity index (χ2n) is 7.08. The number of halogens is 2. The van der Waals surface area contributed by atoms with Crippen LogP contribution in [-0.4, -0.2) is 16.7 Å². The molecule has 152 valence electrons. The van der Waals surface area contributed by atoms with Crippen LogP contribution in [0.4, 0.5) is 14.5 Å². The number of imide groups is 1. The van der Waals surface area contributed by atoms with Crippen molar-refractivity contribution >= 4 is 23.1 Å². The Hall–Kier alpha value is -3.74. The Labute approximate surface area is 171 Å². The predicted octanol–water partition coefficient (Wildman–Crippen LogP) is 4.57. The van der Waals surface area contributed by atoms with E-state index >= 15 is 0 Å². The number of hydrogen-bond acceptors (Lipinski definition) is 4. The van der Waals surface area contributed by atoms with Crippen LogP contribution in [0.3, 0.4) is 0 Å². The SMILES string of the molecule is Cc1ccc(C2=C(Nc3ccc(F)c(F)c3)C(=O)N(Cc3ccco3)C2=O)cc1C. The quantitative estimate of drug-likeness (QED) is 0.629. The second-order valence-corrected chi connectivity index (χ2v) is 7.08. The Kier molecular flexibility index (Phi) is 4.95. The van der Waals surface area contributed by atoms with Gasteiger partial charge in [-0.15, -0.1) is 0 Å². The van der Waals surface area contributed by atoms with E-state index in [1.165, 1.54) is 12.3 Å². The van der Waals surface area contributed by atoms with Crippen molar-refractivity contribution in [2.24, 2.45) is 0 Å². The number of nitrogens with one attached hydrogen (secondary N) is 1. The van der Waals surface area contributed by atoms with E-state index in [0.29, 0.717) is 11.3 Å². The summed E-state index contributed by atoms with van der Waals surface area (Å²) in [5.41, 5.74) is 2.88. The maximum absolute atomic E-state index is 13.7. The van der Waals surface area contributed by atoms with E-state index in [0.717, 1.165) is 28.2 Å². The third kappa shape index (κ3) is 3.50. The number of aryl methyl sites for hydroxylation is 2. The number of benzene rings is 2. The molecule has 0 spiro atoms. The Morgan fingerprint density at radius 2 is 1.73 bits per heavy atom. The van der Waals surface area contributed by atoms with Gasteiger partial charge in [0.05, 0.1) is 18.4 Å². The van der Waals surface area contributed by atoms with Crippen molar-refractivity contribution in [3.05, 3.63) is 94.6 Å². The van der Waals surface area contributed by atoms with Crippen LogP contribution in [0, 0.1) is 25.5 Å². The molecule has 0 aliphatic carbocycles. The van der Waals surface area contributed by atoms with Crippen molar-refractivity contribution in [3.63, 3.8) is 0 Å². The van der Waals surface area contributed by atoms with Gasteiger partial charge in [0.1, 0.15) is 11.5 Å². The molecular weight excluding hydrogens is 390 g/mol. The van der Waals surface area contributed by atoms with Gasteiger partial charge in [-0.3, -0.25) is 14.5 Å². The van der Waals surface area contributed by atoms with Crippen LogP contribution in [0.2, 0.25) is 0 Å². The first-order valence-electron chi connectivity index (χ1n) is 9.27. The largest absolute Gasteiger partial charge is 0.467 e. The minimum absolute atomic E-state index is 0.000757. The van der Waals surface area contributed by atoms with Gasteiger partial charge >= 0.3 is 0 Å². The number of amides is 2. The first-order chi connectivity index (χ1) is 14.3. The Morgan fingerprint density at radius 3 is 2.40 bits per heavy atom. The summed E-state index contributed by atoms with van der Waals surface area (Å²) in [4.78, 5) is 27.4. The molecule has 3 aromatic rings. The molecule has 0 fully saturated rings. The van der Waals surface area contributed by atoms with E-state index < -0.39 is 23.4 Å². The number of carbonyl (C=O) groups excluding carboxylic acids is 2. The molecule has 0 atom stereocenters. The fraction of sp³-hybridized carbons (Fsp3) is 0.130. The highest BCUT2D eigenvalue weighted by molar-refractivity contribution is 6.36. The summed E-state index contributed by atoms with van der Waals surface area (Å²) in [5.74, 6) is -2.68. The van der Waals surface area contributed by atoms with Crippen LogP contribution >= 0.6 is 0 Å². The van der Waals surface area contributed by atoms with Crippen molar-refractivity contribution in [2.45, 2.75) is 20.4 Å². The Bertz CT molecular complexity index is 1180. The highest BCUT2D eigenvalue weighted by Crippen LogP contribution is 2.32. The lowest BCUT2D eigenvalue weighted by molar-refractivity contribution is -0.137. The van der Waals surface area contributed by atoms with Crippen LogP contribution < -0.4 is 5.32 Å². The van der Waals surface area contributed by atoms with E-state index in [2.05, 4.69) is 5.32 Å². The zero-order chi connectivity index (χ0) is 21.4. The zero-order valence-electron chi connectivity index (χ0n) is 16.3. The van der Waals surface area contributed by atoms with Crippen molar-refractivity contribution < 1.29 is 22.8 Å². The van der Waals surface area contributed by atoms with Gasteiger partial charge < -0.3 is 9.73 Å². The smallest absolute Gasteiger partial charge is 0.278 e. The van der Waals surface area contributed by atoms with Gasteiger partial charge in [0.25, 0.3) is 11.8 Å². The number of anilines is 1. The van der Waals surface area contributed by atoms with Gasteiger partial charge in [0, 0.05) is 11.8 Å². The third-order valence-electron chi connectivity index (χ3n) is 5.05. The highest BCUT2D eigenvalue weighted by Gasteiger charge is 2.39. The molecule has 0 saturated carbocycles. The molecular formula is C23H18F2N2O3. The molecule has 2 amide bonds. The number of carbonyl (C=O) groups is 2. The number of furan rings is 1. The van der Waals surface area contributed by atoms with Gasteiger partial charge in [-0.2, -0.15) is 0 Å². The van der Waals surface area contributed by atoms with Gasteiger partial charge in [-0.25, -0.2) is 8.78 Å². The molecule has 1 aromatic heterocycles. The molecule has 1 aliphatic rings. The van der Waals surface area contributed by atoms with Crippen molar-refractivity contribution in [3.8, 4) is 0 Å². The zero-order valence-corrected chi connectivity index (χ0v) is 16.3. The lowest BCUT2D eigenvalue weighted by Crippen LogP contribution is -2.31. The minimum atomic E-state index is -1.06. The van der Waals surface area contributed by atoms with Crippen LogP contribution in [-0.2, 0) is 16.1 Å². The molecule has 0 radical (unpaired) electrons. The summed E-state index contributed by atoms with van der Waals surface area (Å²) >= 11 is 0. The Morgan fingerprint density at radius 1 is 0.933 bits per heavy atom.